The van der Waals surface area contributed by atoms with Crippen LogP contribution >= 0.6 is 0 Å². The summed E-state index contributed by atoms with van der Waals surface area (Å²) in [5.41, 5.74) is 3.11. The molecule has 280 valence electrons. The molecule has 1 aliphatic carbocycles. The van der Waals surface area contributed by atoms with E-state index in [4.69, 9.17) is 19.9 Å². The molecule has 0 spiro atoms. The number of carboxylic acid groups (broad SMARTS) is 1. The minimum Gasteiger partial charge on any atom is -0.475 e. The second-order valence-electron chi connectivity index (χ2n) is 13.1. The fraction of sp³-hybridized carbons (Fsp3) is 0.457. The lowest BCUT2D eigenvalue weighted by molar-refractivity contribution is -0.192. The van der Waals surface area contributed by atoms with E-state index in [-0.39, 0.29) is 24.1 Å². The van der Waals surface area contributed by atoms with Crippen LogP contribution in [-0.2, 0) is 9.59 Å². The molecule has 0 radical (unpaired) electrons. The highest BCUT2D eigenvalue weighted by Crippen LogP contribution is 2.36. The number of rotatable bonds is 10. The molecule has 6 atom stereocenters. The Balaban J connectivity index is 0.000000679. The smallest absolute Gasteiger partial charge is 0.475 e. The van der Waals surface area contributed by atoms with E-state index in [2.05, 4.69) is 51.6 Å². The molecule has 0 bridgehead atoms. The van der Waals surface area contributed by atoms with Crippen molar-refractivity contribution in [1.29, 1.82) is 0 Å². The Morgan fingerprint density at radius 1 is 1.02 bits per heavy atom. The number of imidazole rings is 1. The van der Waals surface area contributed by atoms with Crippen molar-refractivity contribution in [1.82, 2.24) is 29.7 Å². The fourth-order valence-corrected chi connectivity index (χ4v) is 6.50. The number of anilines is 2. The number of hydrogen-bond acceptors (Lipinski definition) is 10. The van der Waals surface area contributed by atoms with Gasteiger partial charge in [0.25, 0.3) is 0 Å². The molecule has 3 heterocycles. The second kappa shape index (κ2) is 16.2. The van der Waals surface area contributed by atoms with E-state index in [0.29, 0.717) is 41.9 Å². The number of aliphatic carboxylic acids is 1. The number of carbonyl (C=O) groups is 2. The van der Waals surface area contributed by atoms with Crippen LogP contribution in [0, 0.1) is 5.82 Å². The standard InChI is InChI=1S/C33H41FN8O3.C2HF3O2/c1-4-27(43)37-25-16-26(30(45)29(25)44)42-19-36-28-31(38-33(39-32(28)42)41-15-14-23(18-41)40(2)3)35-17-24(20-8-6-5-7-9-20)21-10-12-22(34)13-11-21;3-2(4,5)1(6)7/h5-13,19,23-26,29-30,44-45H,4,14-18H2,1-3H3,(H,37,43)(H,35,38,39);(H,6,7)/t23-,24?,25+,26-,29-,30+;/m1./s1. The Kier molecular flexibility index (Phi) is 12.0. The largest absolute Gasteiger partial charge is 0.490 e. The van der Waals surface area contributed by atoms with Gasteiger partial charge in [-0.25, -0.2) is 14.2 Å². The lowest BCUT2D eigenvalue weighted by Crippen LogP contribution is -2.42. The molecule has 5 N–H and O–H groups in total. The predicted octanol–water partition coefficient (Wildman–Crippen LogP) is 3.54. The van der Waals surface area contributed by atoms with Crippen LogP contribution in [0.4, 0.5) is 29.3 Å². The van der Waals surface area contributed by atoms with E-state index in [0.717, 1.165) is 30.6 Å². The summed E-state index contributed by atoms with van der Waals surface area (Å²) in [7, 11) is 4.14. The maximum atomic E-state index is 13.8. The van der Waals surface area contributed by atoms with Crippen LogP contribution < -0.4 is 15.5 Å². The van der Waals surface area contributed by atoms with Crippen LogP contribution in [0.25, 0.3) is 11.2 Å². The number of carboxylic acids is 1. The number of benzene rings is 2. The van der Waals surface area contributed by atoms with Crippen molar-refractivity contribution in [2.24, 2.45) is 0 Å². The molecular formula is C35H42F4N8O5. The molecule has 17 heteroatoms. The number of aliphatic hydroxyl groups excluding tert-OH is 2. The fourth-order valence-electron chi connectivity index (χ4n) is 6.50. The van der Waals surface area contributed by atoms with Gasteiger partial charge in [0.05, 0.1) is 18.4 Å². The maximum Gasteiger partial charge on any atom is 0.490 e. The molecule has 2 fully saturated rings. The van der Waals surface area contributed by atoms with Crippen LogP contribution in [0.2, 0.25) is 0 Å². The van der Waals surface area contributed by atoms with Gasteiger partial charge in [-0.3, -0.25) is 4.79 Å². The van der Waals surface area contributed by atoms with E-state index >= 15 is 0 Å². The third-order valence-electron chi connectivity index (χ3n) is 9.45. The number of nitrogens with one attached hydrogen (secondary N) is 2. The summed E-state index contributed by atoms with van der Waals surface area (Å²) in [5.74, 6) is -2.22. The molecule has 1 amide bonds. The van der Waals surface area contributed by atoms with Crippen molar-refractivity contribution >= 4 is 34.8 Å². The average Bonchev–Trinajstić information content (AvgIpc) is 3.85. The molecule has 2 aliphatic rings. The summed E-state index contributed by atoms with van der Waals surface area (Å²) in [6.07, 6.45) is -4.11. The van der Waals surface area contributed by atoms with Gasteiger partial charge in [0.1, 0.15) is 18.0 Å². The molecule has 6 rings (SSSR count). The predicted molar refractivity (Wildman–Crippen MR) is 184 cm³/mol. The molecule has 1 saturated heterocycles. The summed E-state index contributed by atoms with van der Waals surface area (Å²) < 4.78 is 47.4. The lowest BCUT2D eigenvalue weighted by Gasteiger charge is -2.23. The number of aromatic nitrogens is 4. The van der Waals surface area contributed by atoms with E-state index in [1.54, 1.807) is 30.0 Å². The topological polar surface area (TPSA) is 169 Å². The molecule has 4 aromatic rings. The van der Waals surface area contributed by atoms with Gasteiger partial charge in [0, 0.05) is 38.0 Å². The molecule has 52 heavy (non-hydrogen) atoms. The molecule has 1 saturated carbocycles. The Labute approximate surface area is 297 Å². The van der Waals surface area contributed by atoms with Gasteiger partial charge in [-0.15, -0.1) is 0 Å². The van der Waals surface area contributed by atoms with Crippen molar-refractivity contribution in [2.45, 2.75) is 68.6 Å². The number of aliphatic hydroxyl groups is 2. The number of alkyl halides is 3. The first-order valence-electron chi connectivity index (χ1n) is 16.8. The second-order valence-corrected chi connectivity index (χ2v) is 13.1. The van der Waals surface area contributed by atoms with Crippen molar-refractivity contribution in [3.8, 4) is 0 Å². The maximum absolute atomic E-state index is 13.8. The zero-order valence-corrected chi connectivity index (χ0v) is 28.8. The van der Waals surface area contributed by atoms with Crippen LogP contribution in [0.5, 0.6) is 0 Å². The number of hydrogen-bond donors (Lipinski definition) is 5. The highest BCUT2D eigenvalue weighted by molar-refractivity contribution is 5.84. The first-order chi connectivity index (χ1) is 24.7. The molecule has 13 nitrogen and oxygen atoms in total. The summed E-state index contributed by atoms with van der Waals surface area (Å²) >= 11 is 0. The average molecular weight is 731 g/mol. The minimum atomic E-state index is -5.08. The SMILES string of the molecule is CCC(=O)N[C@H]1C[C@@H](n2cnc3c(NCC(c4ccccc4)c4ccc(F)cc4)nc(N4CC[C@@H](N(C)C)C4)nc32)[C@H](O)[C@@H]1O.O=C(O)C(F)(F)F. The van der Waals surface area contributed by atoms with Crippen LogP contribution in [0.1, 0.15) is 49.3 Å². The summed E-state index contributed by atoms with van der Waals surface area (Å²) in [6, 6.07) is 15.8. The van der Waals surface area contributed by atoms with Crippen molar-refractivity contribution in [3.63, 3.8) is 0 Å². The van der Waals surface area contributed by atoms with Crippen LogP contribution in [-0.4, -0.2) is 116 Å². The Bertz CT molecular complexity index is 1830. The zero-order chi connectivity index (χ0) is 37.7. The first-order valence-corrected chi connectivity index (χ1v) is 16.8. The molecular weight excluding hydrogens is 688 g/mol. The van der Waals surface area contributed by atoms with Gasteiger partial charge < -0.3 is 40.3 Å². The highest BCUT2D eigenvalue weighted by atomic mass is 19.4. The number of likely N-dealkylation sites (N-methyl/N-ethyl adjacent to an activating group) is 1. The molecule has 2 aromatic heterocycles. The van der Waals surface area contributed by atoms with Crippen molar-refractivity contribution in [3.05, 3.63) is 77.9 Å². The third-order valence-corrected chi connectivity index (χ3v) is 9.45. The van der Waals surface area contributed by atoms with Gasteiger partial charge >= 0.3 is 12.1 Å². The van der Waals surface area contributed by atoms with Gasteiger partial charge in [-0.1, -0.05) is 49.4 Å². The number of halogens is 4. The van der Waals surface area contributed by atoms with E-state index in [1.807, 2.05) is 18.2 Å². The molecule has 1 unspecified atom stereocenters. The third kappa shape index (κ3) is 8.77. The molecule has 1 aliphatic heterocycles. The first kappa shape index (κ1) is 38.4. The normalized spacial score (nSPS) is 22.3. The minimum absolute atomic E-state index is 0.0954. The van der Waals surface area contributed by atoms with E-state index in [9.17, 15) is 32.6 Å². The monoisotopic (exact) mass is 730 g/mol. The number of nitrogens with zero attached hydrogens (tertiary/aromatic N) is 6. The Hall–Kier alpha value is -4.87. The Morgan fingerprint density at radius 2 is 1.67 bits per heavy atom. The van der Waals surface area contributed by atoms with Gasteiger partial charge in [-0.05, 0) is 50.2 Å². The summed E-state index contributed by atoms with van der Waals surface area (Å²) in [5, 5.41) is 35.4. The quantitative estimate of drug-likeness (QED) is 0.151. The highest BCUT2D eigenvalue weighted by Gasteiger charge is 2.44. The summed E-state index contributed by atoms with van der Waals surface area (Å²) in [4.78, 5) is 40.0. The summed E-state index contributed by atoms with van der Waals surface area (Å²) in [6.45, 7) is 3.77. The zero-order valence-electron chi connectivity index (χ0n) is 28.8. The van der Waals surface area contributed by atoms with Crippen LogP contribution in [0.15, 0.2) is 60.9 Å². The van der Waals surface area contributed by atoms with E-state index in [1.165, 1.54) is 12.1 Å². The molecule has 2 aromatic carbocycles. The number of amides is 1. The number of fused-ring (bicyclic) bond motifs is 1. The van der Waals surface area contributed by atoms with Crippen molar-refractivity contribution < 1.29 is 42.5 Å². The van der Waals surface area contributed by atoms with Gasteiger partial charge in [-0.2, -0.15) is 23.1 Å². The van der Waals surface area contributed by atoms with Crippen LogP contribution in [0.3, 0.4) is 0 Å². The number of carbonyl (C=O) groups excluding carboxylic acids is 1. The Morgan fingerprint density at radius 3 is 2.27 bits per heavy atom. The van der Waals surface area contributed by atoms with Gasteiger partial charge in [0.15, 0.2) is 17.0 Å². The lowest BCUT2D eigenvalue weighted by atomic mass is 9.91. The van der Waals surface area contributed by atoms with Gasteiger partial charge in [0.2, 0.25) is 11.9 Å². The van der Waals surface area contributed by atoms with Crippen molar-refractivity contribution in [2.75, 3.05) is 43.9 Å². The van der Waals surface area contributed by atoms with E-state index < -0.39 is 36.4 Å².